The number of sulfonamides is 1. The Morgan fingerprint density at radius 1 is 1.15 bits per heavy atom. The van der Waals surface area contributed by atoms with E-state index in [-0.39, 0.29) is 10.8 Å². The first-order valence-electron chi connectivity index (χ1n) is 11.8. The van der Waals surface area contributed by atoms with E-state index in [4.69, 9.17) is 0 Å². The molecule has 2 aromatic carbocycles. The molecule has 1 aromatic heterocycles. The fraction of sp³-hybridized carbons (Fsp3) is 0.440. The fourth-order valence-electron chi connectivity index (χ4n) is 4.54. The Bertz CT molecular complexity index is 1250. The van der Waals surface area contributed by atoms with Crippen molar-refractivity contribution in [1.82, 2.24) is 10.3 Å². The van der Waals surface area contributed by atoms with Gasteiger partial charge in [-0.25, -0.2) is 13.4 Å². The van der Waals surface area contributed by atoms with Crippen LogP contribution in [0.1, 0.15) is 57.9 Å². The number of aromatic nitrogens is 1. The average molecular weight is 501 g/mol. The predicted octanol–water partition coefficient (Wildman–Crippen LogP) is 5.50. The normalized spacial score (nSPS) is 15.8. The molecule has 1 aliphatic rings. The third kappa shape index (κ3) is 6.34. The number of rotatable bonds is 9. The largest absolute Gasteiger partial charge is 0.310 e. The Balaban J connectivity index is 1.45. The van der Waals surface area contributed by atoms with Crippen LogP contribution in [0.5, 0.6) is 0 Å². The van der Waals surface area contributed by atoms with Crippen molar-refractivity contribution in [3.63, 3.8) is 0 Å². The molecule has 1 unspecified atom stereocenters. The molecule has 34 heavy (non-hydrogen) atoms. The van der Waals surface area contributed by atoms with Crippen molar-refractivity contribution in [1.29, 1.82) is 0 Å². The van der Waals surface area contributed by atoms with Gasteiger partial charge < -0.3 is 10.6 Å². The first-order valence-corrected chi connectivity index (χ1v) is 14.1. The molecule has 0 bridgehead atoms. The van der Waals surface area contributed by atoms with E-state index < -0.39 is 10.0 Å². The van der Waals surface area contributed by atoms with Gasteiger partial charge in [0.15, 0.2) is 5.13 Å². The number of fused-ring (bicyclic) bond motifs is 1. The van der Waals surface area contributed by atoms with Crippen LogP contribution in [0.3, 0.4) is 0 Å². The van der Waals surface area contributed by atoms with Gasteiger partial charge >= 0.3 is 0 Å². The molecule has 0 radical (unpaired) electrons. The second-order valence-corrected chi connectivity index (χ2v) is 11.8. The van der Waals surface area contributed by atoms with Crippen molar-refractivity contribution in [3.8, 4) is 0 Å². The lowest BCUT2D eigenvalue weighted by Crippen LogP contribution is -2.29. The zero-order valence-electron chi connectivity index (χ0n) is 19.6. The third-order valence-electron chi connectivity index (χ3n) is 6.27. The number of nitrogens with zero attached hydrogens (tertiary/aromatic N) is 1. The Morgan fingerprint density at radius 3 is 2.68 bits per heavy atom. The van der Waals surface area contributed by atoms with Crippen molar-refractivity contribution in [3.05, 3.63) is 48.0 Å². The number of benzene rings is 2. The average Bonchev–Trinajstić information content (AvgIpc) is 3.20. The zero-order chi connectivity index (χ0) is 24.1. The third-order valence-corrected chi connectivity index (χ3v) is 8.56. The van der Waals surface area contributed by atoms with E-state index in [2.05, 4.69) is 27.3 Å². The van der Waals surface area contributed by atoms with Gasteiger partial charge in [-0.1, -0.05) is 61.6 Å². The van der Waals surface area contributed by atoms with Crippen LogP contribution < -0.4 is 15.4 Å². The standard InChI is InChI=1S/C25H32N4O3S2/c1-17(14-19-8-4-3-5-9-19)26-16-20-10-6-7-11-22(20)29-34(31,32)21-12-13-23-24(15-21)33-25(28-23)27-18(2)30/h6-7,10-13,15,17,19,26,29H,3-5,8-9,14,16H2,1-2H3,(H,27,28,30). The lowest BCUT2D eigenvalue weighted by Gasteiger charge is -2.25. The molecule has 1 fully saturated rings. The summed E-state index contributed by atoms with van der Waals surface area (Å²) in [5.74, 6) is 0.574. The number of hydrogen-bond acceptors (Lipinski definition) is 6. The maximum absolute atomic E-state index is 13.2. The summed E-state index contributed by atoms with van der Waals surface area (Å²) in [7, 11) is -3.79. The highest BCUT2D eigenvalue weighted by Gasteiger charge is 2.19. The highest BCUT2D eigenvalue weighted by molar-refractivity contribution is 7.92. The minimum atomic E-state index is -3.79. The van der Waals surface area contributed by atoms with E-state index in [0.29, 0.717) is 33.6 Å². The maximum atomic E-state index is 13.2. The first kappa shape index (κ1) is 24.6. The second-order valence-electron chi connectivity index (χ2n) is 9.11. The van der Waals surface area contributed by atoms with Crippen LogP contribution in [0.15, 0.2) is 47.4 Å². The van der Waals surface area contributed by atoms with Crippen molar-refractivity contribution in [2.75, 3.05) is 10.0 Å². The number of hydrogen-bond donors (Lipinski definition) is 3. The quantitative estimate of drug-likeness (QED) is 0.360. The Morgan fingerprint density at radius 2 is 1.91 bits per heavy atom. The maximum Gasteiger partial charge on any atom is 0.261 e. The number of nitrogens with one attached hydrogen (secondary N) is 3. The number of para-hydroxylation sites is 1. The molecule has 1 atom stereocenters. The van der Waals surface area contributed by atoms with Crippen molar-refractivity contribution in [2.45, 2.75) is 69.9 Å². The first-order chi connectivity index (χ1) is 16.3. The number of anilines is 2. The molecule has 1 saturated carbocycles. The van der Waals surface area contributed by atoms with Gasteiger partial charge in [0, 0.05) is 19.5 Å². The van der Waals surface area contributed by atoms with Gasteiger partial charge in [-0.15, -0.1) is 0 Å². The van der Waals surface area contributed by atoms with E-state index in [1.54, 1.807) is 18.2 Å². The highest BCUT2D eigenvalue weighted by Crippen LogP contribution is 2.30. The van der Waals surface area contributed by atoms with Gasteiger partial charge in [0.1, 0.15) is 0 Å². The molecular formula is C25H32N4O3S2. The van der Waals surface area contributed by atoms with Crippen LogP contribution >= 0.6 is 11.3 Å². The smallest absolute Gasteiger partial charge is 0.261 e. The molecular weight excluding hydrogens is 468 g/mol. The molecule has 9 heteroatoms. The van der Waals surface area contributed by atoms with Crippen LogP contribution in [0.4, 0.5) is 10.8 Å². The molecule has 0 saturated heterocycles. The van der Waals surface area contributed by atoms with Gasteiger partial charge in [0.2, 0.25) is 5.91 Å². The Kier molecular flexibility index (Phi) is 7.85. The predicted molar refractivity (Wildman–Crippen MR) is 139 cm³/mol. The lowest BCUT2D eigenvalue weighted by atomic mass is 9.85. The monoisotopic (exact) mass is 500 g/mol. The molecule has 0 spiro atoms. The lowest BCUT2D eigenvalue weighted by molar-refractivity contribution is -0.114. The molecule has 1 heterocycles. The van der Waals surface area contributed by atoms with E-state index in [1.807, 2.05) is 18.2 Å². The summed E-state index contributed by atoms with van der Waals surface area (Å²) in [6.45, 7) is 4.22. The molecule has 3 aromatic rings. The Labute approximate surface area is 205 Å². The molecule has 7 nitrogen and oxygen atoms in total. The number of amides is 1. The number of carbonyl (C=O) groups is 1. The highest BCUT2D eigenvalue weighted by atomic mass is 32.2. The summed E-state index contributed by atoms with van der Waals surface area (Å²) in [5.41, 5.74) is 2.13. The van der Waals surface area contributed by atoms with Crippen LogP contribution in [0.2, 0.25) is 0 Å². The molecule has 0 aliphatic heterocycles. The van der Waals surface area contributed by atoms with Crippen LogP contribution in [0, 0.1) is 5.92 Å². The summed E-state index contributed by atoms with van der Waals surface area (Å²) >= 11 is 1.25. The van der Waals surface area contributed by atoms with Crippen LogP contribution in [0.25, 0.3) is 10.2 Å². The molecule has 1 amide bonds. The summed E-state index contributed by atoms with van der Waals surface area (Å²) in [6.07, 6.45) is 7.83. The van der Waals surface area contributed by atoms with E-state index >= 15 is 0 Å². The number of carbonyl (C=O) groups excluding carboxylic acids is 1. The van der Waals surface area contributed by atoms with E-state index in [0.717, 1.165) is 17.9 Å². The topological polar surface area (TPSA) is 100 Å². The second kappa shape index (κ2) is 10.8. The van der Waals surface area contributed by atoms with Gasteiger partial charge in [-0.2, -0.15) is 0 Å². The van der Waals surface area contributed by atoms with E-state index in [1.165, 1.54) is 56.4 Å². The van der Waals surface area contributed by atoms with Crippen LogP contribution in [-0.2, 0) is 21.4 Å². The molecule has 4 rings (SSSR count). The van der Waals surface area contributed by atoms with Gasteiger partial charge in [-0.3, -0.25) is 9.52 Å². The molecule has 182 valence electrons. The van der Waals surface area contributed by atoms with Crippen molar-refractivity contribution in [2.24, 2.45) is 5.92 Å². The summed E-state index contributed by atoms with van der Waals surface area (Å²) in [4.78, 5) is 15.8. The van der Waals surface area contributed by atoms with Crippen molar-refractivity contribution < 1.29 is 13.2 Å². The van der Waals surface area contributed by atoms with Crippen molar-refractivity contribution >= 4 is 48.3 Å². The SMILES string of the molecule is CC(=O)Nc1nc2ccc(S(=O)(=O)Nc3ccccc3CNC(C)CC3CCCCC3)cc2s1. The minimum Gasteiger partial charge on any atom is -0.310 e. The summed E-state index contributed by atoms with van der Waals surface area (Å²) < 4.78 is 29.8. The minimum absolute atomic E-state index is 0.159. The summed E-state index contributed by atoms with van der Waals surface area (Å²) in [5, 5.41) is 6.67. The number of thiazole rings is 1. The molecule has 3 N–H and O–H groups in total. The van der Waals surface area contributed by atoms with Crippen LogP contribution in [-0.4, -0.2) is 25.4 Å². The fourth-order valence-corrected chi connectivity index (χ4v) is 6.70. The summed E-state index contributed by atoms with van der Waals surface area (Å²) in [6, 6.07) is 12.7. The van der Waals surface area contributed by atoms with Gasteiger partial charge in [-0.05, 0) is 49.1 Å². The van der Waals surface area contributed by atoms with Gasteiger partial charge in [0.05, 0.1) is 20.8 Å². The molecule has 1 aliphatic carbocycles. The Hall–Kier alpha value is -2.49. The van der Waals surface area contributed by atoms with Gasteiger partial charge in [0.25, 0.3) is 10.0 Å². The van der Waals surface area contributed by atoms with E-state index in [9.17, 15) is 13.2 Å². The zero-order valence-corrected chi connectivity index (χ0v) is 21.3.